The Morgan fingerprint density at radius 2 is 0.474 bits per heavy atom. The van der Waals surface area contributed by atoms with E-state index in [1.165, 1.54) is 103 Å². The normalized spacial score (nSPS) is 10.4. The van der Waals surface area contributed by atoms with Crippen LogP contribution in [0.3, 0.4) is 0 Å². The van der Waals surface area contributed by atoms with E-state index in [4.69, 9.17) is 0 Å². The number of unbranched alkanes of at least 4 members (excludes halogenated alkanes) is 15. The molecule has 0 saturated heterocycles. The van der Waals surface area contributed by atoms with Crippen LogP contribution in [-0.2, 0) is 17.1 Å². The van der Waals surface area contributed by atoms with Gasteiger partial charge in [0.15, 0.2) is 0 Å². The molecule has 0 spiro atoms. The van der Waals surface area contributed by atoms with Crippen molar-refractivity contribution in [3.63, 3.8) is 0 Å². The van der Waals surface area contributed by atoms with Crippen LogP contribution in [-0.4, -0.2) is 0 Å². The molecule has 0 aliphatic heterocycles. The molecule has 0 aromatic rings. The zero-order valence-electron chi connectivity index (χ0n) is 13.7. The van der Waals surface area contributed by atoms with Gasteiger partial charge < -0.3 is 0 Å². The summed E-state index contributed by atoms with van der Waals surface area (Å²) < 4.78 is 0. The Kier molecular flexibility index (Phi) is 23.9. The minimum Gasteiger partial charge on any atom is -0.0654 e. The standard InChI is InChI=1S/C18H38.Fe/c1-3-5-7-9-11-13-15-17-18-16-14-12-10-8-6-4-2;/h3-18H2,1-2H3;. The van der Waals surface area contributed by atoms with Gasteiger partial charge in [0, 0.05) is 17.1 Å². The van der Waals surface area contributed by atoms with Gasteiger partial charge in [-0.2, -0.15) is 0 Å². The predicted octanol–water partition coefficient (Wildman–Crippen LogP) is 7.27. The van der Waals surface area contributed by atoms with Gasteiger partial charge in [-0.3, -0.25) is 0 Å². The van der Waals surface area contributed by atoms with Gasteiger partial charge in [0.2, 0.25) is 0 Å². The van der Waals surface area contributed by atoms with E-state index in [1.807, 2.05) is 0 Å². The first-order valence-electron chi connectivity index (χ1n) is 8.91. The minimum atomic E-state index is 0. The molecular weight excluding hydrogens is 272 g/mol. The Hall–Kier alpha value is 0.519. The molecule has 0 aliphatic carbocycles. The largest absolute Gasteiger partial charge is 0.0654 e. The fraction of sp³-hybridized carbons (Fsp3) is 1.00. The summed E-state index contributed by atoms with van der Waals surface area (Å²) in [4.78, 5) is 0. The van der Waals surface area contributed by atoms with E-state index in [-0.39, 0.29) is 17.1 Å². The molecule has 0 nitrogen and oxygen atoms in total. The van der Waals surface area contributed by atoms with Crippen LogP contribution in [0, 0.1) is 0 Å². The van der Waals surface area contributed by atoms with Crippen LogP contribution in [0.5, 0.6) is 0 Å². The average molecular weight is 310 g/mol. The van der Waals surface area contributed by atoms with Gasteiger partial charge >= 0.3 is 0 Å². The second-order valence-corrected chi connectivity index (χ2v) is 5.95. The summed E-state index contributed by atoms with van der Waals surface area (Å²) in [6, 6.07) is 0. The molecule has 0 aromatic carbocycles. The molecule has 0 radical (unpaired) electrons. The van der Waals surface area contributed by atoms with Crippen molar-refractivity contribution in [2.45, 2.75) is 117 Å². The number of hydrogen-bond acceptors (Lipinski definition) is 0. The monoisotopic (exact) mass is 310 g/mol. The van der Waals surface area contributed by atoms with Crippen LogP contribution in [0.25, 0.3) is 0 Å². The molecular formula is C18H38Fe. The van der Waals surface area contributed by atoms with E-state index < -0.39 is 0 Å². The molecule has 0 heterocycles. The van der Waals surface area contributed by atoms with Crippen LogP contribution >= 0.6 is 0 Å². The van der Waals surface area contributed by atoms with Gasteiger partial charge in [-0.25, -0.2) is 0 Å². The summed E-state index contributed by atoms with van der Waals surface area (Å²) in [5.41, 5.74) is 0. The first kappa shape index (κ1) is 21.8. The zero-order valence-corrected chi connectivity index (χ0v) is 14.8. The van der Waals surface area contributed by atoms with Crippen molar-refractivity contribution in [1.82, 2.24) is 0 Å². The molecule has 0 bridgehead atoms. The molecule has 1 heteroatoms. The van der Waals surface area contributed by atoms with Crippen molar-refractivity contribution in [3.8, 4) is 0 Å². The summed E-state index contributed by atoms with van der Waals surface area (Å²) >= 11 is 0. The van der Waals surface area contributed by atoms with Crippen molar-refractivity contribution >= 4 is 0 Å². The van der Waals surface area contributed by atoms with Crippen LogP contribution < -0.4 is 0 Å². The maximum atomic E-state index is 2.29. The smallest absolute Gasteiger partial charge is 0 e. The quantitative estimate of drug-likeness (QED) is 0.220. The van der Waals surface area contributed by atoms with E-state index in [2.05, 4.69) is 13.8 Å². The third kappa shape index (κ3) is 21.0. The van der Waals surface area contributed by atoms with Crippen LogP contribution in [0.15, 0.2) is 0 Å². The second kappa shape index (κ2) is 20.8. The topological polar surface area (TPSA) is 0 Å². The van der Waals surface area contributed by atoms with Crippen molar-refractivity contribution in [2.24, 2.45) is 0 Å². The molecule has 0 aliphatic rings. The second-order valence-electron chi connectivity index (χ2n) is 5.95. The summed E-state index contributed by atoms with van der Waals surface area (Å²) in [6.45, 7) is 4.59. The Morgan fingerprint density at radius 3 is 0.632 bits per heavy atom. The number of rotatable bonds is 15. The molecule has 0 atom stereocenters. The van der Waals surface area contributed by atoms with Gasteiger partial charge in [0.05, 0.1) is 0 Å². The Balaban J connectivity index is 0. The fourth-order valence-corrected chi connectivity index (χ4v) is 2.62. The van der Waals surface area contributed by atoms with E-state index in [9.17, 15) is 0 Å². The van der Waals surface area contributed by atoms with Crippen molar-refractivity contribution < 1.29 is 17.1 Å². The first-order valence-corrected chi connectivity index (χ1v) is 8.91. The maximum absolute atomic E-state index is 2.29. The molecule has 0 saturated carbocycles. The van der Waals surface area contributed by atoms with Crippen LogP contribution in [0.2, 0.25) is 0 Å². The summed E-state index contributed by atoms with van der Waals surface area (Å²) in [5.74, 6) is 0. The average Bonchev–Trinajstić information content (AvgIpc) is 2.39. The molecule has 19 heavy (non-hydrogen) atoms. The van der Waals surface area contributed by atoms with Crippen LogP contribution in [0.1, 0.15) is 117 Å². The fourth-order valence-electron chi connectivity index (χ4n) is 2.62. The van der Waals surface area contributed by atoms with Crippen molar-refractivity contribution in [3.05, 3.63) is 0 Å². The number of hydrogen-bond donors (Lipinski definition) is 0. The molecule has 0 unspecified atom stereocenters. The van der Waals surface area contributed by atoms with Gasteiger partial charge in [0.25, 0.3) is 0 Å². The molecule has 0 fully saturated rings. The van der Waals surface area contributed by atoms with Crippen molar-refractivity contribution in [2.75, 3.05) is 0 Å². The maximum Gasteiger partial charge on any atom is 0 e. The van der Waals surface area contributed by atoms with Gasteiger partial charge in [-0.1, -0.05) is 117 Å². The minimum absolute atomic E-state index is 0. The Labute approximate surface area is 134 Å². The summed E-state index contributed by atoms with van der Waals surface area (Å²) in [5, 5.41) is 0. The van der Waals surface area contributed by atoms with E-state index in [1.54, 1.807) is 0 Å². The van der Waals surface area contributed by atoms with Crippen LogP contribution in [0.4, 0.5) is 0 Å². The van der Waals surface area contributed by atoms with E-state index >= 15 is 0 Å². The van der Waals surface area contributed by atoms with Gasteiger partial charge in [-0.05, 0) is 0 Å². The molecule has 0 rings (SSSR count). The van der Waals surface area contributed by atoms with E-state index in [0.29, 0.717) is 0 Å². The molecule has 118 valence electrons. The molecule has 0 aromatic heterocycles. The predicted molar refractivity (Wildman–Crippen MR) is 85.2 cm³/mol. The third-order valence-electron chi connectivity index (χ3n) is 3.96. The Morgan fingerprint density at radius 1 is 0.316 bits per heavy atom. The SMILES string of the molecule is CCCCCCCCCCCCCCCCCC.[Fe]. The van der Waals surface area contributed by atoms with Crippen molar-refractivity contribution in [1.29, 1.82) is 0 Å². The summed E-state index contributed by atoms with van der Waals surface area (Å²) in [6.07, 6.45) is 23.4. The summed E-state index contributed by atoms with van der Waals surface area (Å²) in [7, 11) is 0. The van der Waals surface area contributed by atoms with Gasteiger partial charge in [0.1, 0.15) is 0 Å². The zero-order chi connectivity index (χ0) is 13.3. The third-order valence-corrected chi connectivity index (χ3v) is 3.96. The Bertz CT molecular complexity index is 118. The molecule has 0 amide bonds. The van der Waals surface area contributed by atoms with E-state index in [0.717, 1.165) is 0 Å². The molecule has 0 N–H and O–H groups in total. The first-order chi connectivity index (χ1) is 8.91. The van der Waals surface area contributed by atoms with Gasteiger partial charge in [-0.15, -0.1) is 0 Å².